The molecule has 0 spiro atoms. The minimum atomic E-state index is -3.20. The van der Waals surface area contributed by atoms with Crippen molar-refractivity contribution in [1.82, 2.24) is 9.21 Å². The van der Waals surface area contributed by atoms with Crippen LogP contribution < -0.4 is 5.32 Å². The van der Waals surface area contributed by atoms with Crippen LogP contribution in [0, 0.1) is 0 Å². The SMILES string of the molecule is CCS(=O)(=O)N1CCCN(C(=O)Nc2ccc(Cl)cc2)CC1. The third-order valence-electron chi connectivity index (χ3n) is 3.60. The number of urea groups is 1. The maximum atomic E-state index is 12.2. The molecule has 1 aromatic carbocycles. The van der Waals surface area contributed by atoms with E-state index < -0.39 is 10.0 Å². The summed E-state index contributed by atoms with van der Waals surface area (Å²) in [5.41, 5.74) is 0.664. The molecule has 1 aliphatic rings. The van der Waals surface area contributed by atoms with Gasteiger partial charge in [0.15, 0.2) is 0 Å². The topological polar surface area (TPSA) is 69.7 Å². The highest BCUT2D eigenvalue weighted by Gasteiger charge is 2.25. The Labute approximate surface area is 136 Å². The molecule has 1 fully saturated rings. The van der Waals surface area contributed by atoms with Crippen molar-refractivity contribution in [2.24, 2.45) is 0 Å². The van der Waals surface area contributed by atoms with Gasteiger partial charge in [-0.2, -0.15) is 0 Å². The zero-order chi connectivity index (χ0) is 16.2. The molecule has 1 aromatic rings. The summed E-state index contributed by atoms with van der Waals surface area (Å²) in [5.74, 6) is 0.0873. The summed E-state index contributed by atoms with van der Waals surface area (Å²) in [6, 6.07) is 6.64. The maximum Gasteiger partial charge on any atom is 0.321 e. The van der Waals surface area contributed by atoms with E-state index in [1.807, 2.05) is 0 Å². The van der Waals surface area contributed by atoms with Gasteiger partial charge in [0.05, 0.1) is 5.75 Å². The summed E-state index contributed by atoms with van der Waals surface area (Å²) >= 11 is 5.81. The number of carbonyl (C=O) groups is 1. The van der Waals surface area contributed by atoms with Crippen LogP contribution in [0.15, 0.2) is 24.3 Å². The van der Waals surface area contributed by atoms with E-state index >= 15 is 0 Å². The zero-order valence-corrected chi connectivity index (χ0v) is 14.0. The first-order valence-electron chi connectivity index (χ1n) is 7.21. The number of halogens is 1. The van der Waals surface area contributed by atoms with Gasteiger partial charge in [0.1, 0.15) is 0 Å². The molecule has 0 bridgehead atoms. The number of carbonyl (C=O) groups excluding carboxylic acids is 1. The van der Waals surface area contributed by atoms with Crippen LogP contribution in [0.3, 0.4) is 0 Å². The highest BCUT2D eigenvalue weighted by atomic mass is 35.5. The monoisotopic (exact) mass is 345 g/mol. The van der Waals surface area contributed by atoms with Crippen LogP contribution in [0.5, 0.6) is 0 Å². The molecular formula is C14H20ClN3O3S. The van der Waals surface area contributed by atoms with E-state index in [1.165, 1.54) is 4.31 Å². The molecule has 22 heavy (non-hydrogen) atoms. The Morgan fingerprint density at radius 3 is 2.50 bits per heavy atom. The molecule has 0 aromatic heterocycles. The first kappa shape index (κ1) is 17.1. The average molecular weight is 346 g/mol. The predicted molar refractivity (Wildman–Crippen MR) is 87.7 cm³/mol. The van der Waals surface area contributed by atoms with E-state index in [4.69, 9.17) is 11.6 Å². The number of hydrogen-bond acceptors (Lipinski definition) is 3. The normalized spacial score (nSPS) is 17.1. The second-order valence-electron chi connectivity index (χ2n) is 5.08. The molecule has 0 atom stereocenters. The van der Waals surface area contributed by atoms with Crippen molar-refractivity contribution in [1.29, 1.82) is 0 Å². The molecule has 2 rings (SSSR count). The first-order chi connectivity index (χ1) is 10.4. The van der Waals surface area contributed by atoms with Crippen LogP contribution >= 0.6 is 11.6 Å². The standard InChI is InChI=1S/C14H20ClN3O3S/c1-2-22(20,21)18-9-3-8-17(10-11-18)14(19)16-13-6-4-12(15)5-7-13/h4-7H,2-3,8-11H2,1H3,(H,16,19). The smallest absolute Gasteiger partial charge is 0.321 e. The van der Waals surface area contributed by atoms with Gasteiger partial charge >= 0.3 is 6.03 Å². The van der Waals surface area contributed by atoms with Crippen molar-refractivity contribution >= 4 is 33.3 Å². The lowest BCUT2D eigenvalue weighted by molar-refractivity contribution is 0.214. The molecule has 2 amide bonds. The van der Waals surface area contributed by atoms with E-state index in [9.17, 15) is 13.2 Å². The van der Waals surface area contributed by atoms with Gasteiger partial charge in [0.25, 0.3) is 0 Å². The molecule has 1 saturated heterocycles. The van der Waals surface area contributed by atoms with Crippen molar-refractivity contribution in [2.75, 3.05) is 37.2 Å². The fraction of sp³-hybridized carbons (Fsp3) is 0.500. The number of nitrogens with zero attached hydrogens (tertiary/aromatic N) is 2. The Morgan fingerprint density at radius 2 is 1.86 bits per heavy atom. The number of anilines is 1. The van der Waals surface area contributed by atoms with Crippen molar-refractivity contribution in [2.45, 2.75) is 13.3 Å². The molecule has 0 unspecified atom stereocenters. The van der Waals surface area contributed by atoms with Gasteiger partial charge in [-0.15, -0.1) is 0 Å². The predicted octanol–water partition coefficient (Wildman–Crippen LogP) is 2.23. The van der Waals surface area contributed by atoms with Crippen LogP contribution in [0.1, 0.15) is 13.3 Å². The Morgan fingerprint density at radius 1 is 1.18 bits per heavy atom. The summed E-state index contributed by atoms with van der Waals surface area (Å²) in [4.78, 5) is 13.9. The van der Waals surface area contributed by atoms with Gasteiger partial charge in [-0.05, 0) is 37.6 Å². The lowest BCUT2D eigenvalue weighted by Crippen LogP contribution is -2.39. The summed E-state index contributed by atoms with van der Waals surface area (Å²) in [6.45, 7) is 3.35. The minimum Gasteiger partial charge on any atom is -0.323 e. The Kier molecular flexibility index (Phi) is 5.66. The number of amides is 2. The number of benzene rings is 1. The van der Waals surface area contributed by atoms with Crippen molar-refractivity contribution in [3.8, 4) is 0 Å². The molecular weight excluding hydrogens is 326 g/mol. The highest BCUT2D eigenvalue weighted by Crippen LogP contribution is 2.15. The van der Waals surface area contributed by atoms with Crippen molar-refractivity contribution < 1.29 is 13.2 Å². The third-order valence-corrected chi connectivity index (χ3v) is 5.73. The zero-order valence-electron chi connectivity index (χ0n) is 12.5. The molecule has 0 radical (unpaired) electrons. The fourth-order valence-electron chi connectivity index (χ4n) is 2.29. The number of sulfonamides is 1. The van der Waals surface area contributed by atoms with E-state index in [1.54, 1.807) is 36.1 Å². The summed E-state index contributed by atoms with van der Waals surface area (Å²) in [5, 5.41) is 3.40. The molecule has 0 aliphatic carbocycles. The van der Waals surface area contributed by atoms with Gasteiger partial charge in [-0.3, -0.25) is 0 Å². The Balaban J connectivity index is 1.96. The molecule has 1 N–H and O–H groups in total. The molecule has 1 aliphatic heterocycles. The summed E-state index contributed by atoms with van der Waals surface area (Å²) in [7, 11) is -3.20. The largest absolute Gasteiger partial charge is 0.323 e. The van der Waals surface area contributed by atoms with Crippen molar-refractivity contribution in [3.63, 3.8) is 0 Å². The van der Waals surface area contributed by atoms with Crippen LogP contribution in [-0.2, 0) is 10.0 Å². The van der Waals surface area contributed by atoms with Crippen LogP contribution in [0.2, 0.25) is 5.02 Å². The molecule has 122 valence electrons. The number of nitrogens with one attached hydrogen (secondary N) is 1. The second kappa shape index (κ2) is 7.30. The molecule has 1 heterocycles. The lowest BCUT2D eigenvalue weighted by atomic mass is 10.3. The van der Waals surface area contributed by atoms with Crippen LogP contribution in [0.25, 0.3) is 0 Å². The van der Waals surface area contributed by atoms with Gasteiger partial charge in [0, 0.05) is 36.9 Å². The van der Waals surface area contributed by atoms with Gasteiger partial charge in [0.2, 0.25) is 10.0 Å². The fourth-order valence-corrected chi connectivity index (χ4v) is 3.55. The maximum absolute atomic E-state index is 12.2. The number of hydrogen-bond donors (Lipinski definition) is 1. The van der Waals surface area contributed by atoms with Gasteiger partial charge < -0.3 is 10.2 Å². The van der Waals surface area contributed by atoms with Gasteiger partial charge in [-0.25, -0.2) is 17.5 Å². The third kappa shape index (κ3) is 4.34. The molecule has 6 nitrogen and oxygen atoms in total. The van der Waals surface area contributed by atoms with Gasteiger partial charge in [-0.1, -0.05) is 11.6 Å². The minimum absolute atomic E-state index is 0.0873. The Bertz CT molecular complexity index is 619. The number of rotatable bonds is 3. The van der Waals surface area contributed by atoms with E-state index in [0.29, 0.717) is 43.3 Å². The van der Waals surface area contributed by atoms with Crippen LogP contribution in [0.4, 0.5) is 10.5 Å². The molecule has 8 heteroatoms. The second-order valence-corrected chi connectivity index (χ2v) is 7.77. The highest BCUT2D eigenvalue weighted by molar-refractivity contribution is 7.89. The van der Waals surface area contributed by atoms with E-state index in [0.717, 1.165) is 0 Å². The van der Waals surface area contributed by atoms with Crippen LogP contribution in [-0.4, -0.2) is 55.6 Å². The summed E-state index contributed by atoms with van der Waals surface area (Å²) < 4.78 is 25.3. The first-order valence-corrected chi connectivity index (χ1v) is 9.20. The van der Waals surface area contributed by atoms with E-state index in [-0.39, 0.29) is 11.8 Å². The lowest BCUT2D eigenvalue weighted by Gasteiger charge is -2.22. The summed E-state index contributed by atoms with van der Waals surface area (Å²) in [6.07, 6.45) is 0.632. The average Bonchev–Trinajstić information content (AvgIpc) is 2.76. The van der Waals surface area contributed by atoms with Crippen molar-refractivity contribution in [3.05, 3.63) is 29.3 Å². The Hall–Kier alpha value is -1.31. The quantitative estimate of drug-likeness (QED) is 0.913. The van der Waals surface area contributed by atoms with E-state index in [2.05, 4.69) is 5.32 Å². The molecule has 0 saturated carbocycles.